The van der Waals surface area contributed by atoms with E-state index in [2.05, 4.69) is 12.2 Å². The van der Waals surface area contributed by atoms with E-state index in [1.807, 2.05) is 0 Å². The maximum Gasteiger partial charge on any atom is 0.318 e. The third-order valence-electron chi connectivity index (χ3n) is 7.02. The van der Waals surface area contributed by atoms with Crippen LogP contribution >= 0.6 is 0 Å². The Morgan fingerprint density at radius 3 is 2.76 bits per heavy atom. The van der Waals surface area contributed by atoms with Gasteiger partial charge in [-0.3, -0.25) is 9.59 Å². The quantitative estimate of drug-likeness (QED) is 0.390. The lowest BCUT2D eigenvalue weighted by Gasteiger charge is -2.67. The molecule has 4 aliphatic carbocycles. The number of hydrogen-bond acceptors (Lipinski definition) is 4. The summed E-state index contributed by atoms with van der Waals surface area (Å²) in [4.78, 5) is 24.6. The minimum Gasteiger partial charge on any atom is -0.393 e. The molecular formula is C17H20O4. The van der Waals surface area contributed by atoms with E-state index in [0.717, 1.165) is 38.7 Å². The lowest BCUT2D eigenvalue weighted by molar-refractivity contribution is -0.231. The zero-order valence-electron chi connectivity index (χ0n) is 12.0. The zero-order chi connectivity index (χ0) is 14.2. The summed E-state index contributed by atoms with van der Waals surface area (Å²) in [5.41, 5.74) is -0.132. The van der Waals surface area contributed by atoms with Gasteiger partial charge in [0.25, 0.3) is 0 Å². The fourth-order valence-corrected chi connectivity index (χ4v) is 6.42. The van der Waals surface area contributed by atoms with Gasteiger partial charge in [-0.2, -0.15) is 0 Å². The molecule has 4 nitrogen and oxygen atoms in total. The number of allylic oxidation sites excluding steroid dienone is 1. The Labute approximate surface area is 123 Å². The summed E-state index contributed by atoms with van der Waals surface area (Å²) >= 11 is 0. The van der Waals surface area contributed by atoms with E-state index in [4.69, 9.17) is 9.47 Å². The molecule has 112 valence electrons. The van der Waals surface area contributed by atoms with Gasteiger partial charge in [-0.1, -0.05) is 25.0 Å². The molecule has 2 saturated heterocycles. The molecule has 2 spiro atoms. The van der Waals surface area contributed by atoms with Crippen molar-refractivity contribution < 1.29 is 19.1 Å². The van der Waals surface area contributed by atoms with Crippen molar-refractivity contribution in [3.8, 4) is 0 Å². The van der Waals surface area contributed by atoms with Gasteiger partial charge >= 0.3 is 11.9 Å². The molecule has 0 unspecified atom stereocenters. The molecule has 2 aliphatic heterocycles. The van der Waals surface area contributed by atoms with Gasteiger partial charge < -0.3 is 9.47 Å². The lowest BCUT2D eigenvalue weighted by atomic mass is 9.37. The molecule has 0 radical (unpaired) electrons. The Balaban J connectivity index is 1.75. The molecule has 0 N–H and O–H groups in total. The number of esters is 2. The summed E-state index contributed by atoms with van der Waals surface area (Å²) in [6.07, 6.45) is 11.2. The Hall–Kier alpha value is -1.16. The van der Waals surface area contributed by atoms with E-state index in [1.54, 1.807) is 0 Å². The molecule has 0 aromatic carbocycles. The molecule has 4 fully saturated rings. The summed E-state index contributed by atoms with van der Waals surface area (Å²) < 4.78 is 11.3. The molecule has 2 bridgehead atoms. The van der Waals surface area contributed by atoms with Crippen LogP contribution < -0.4 is 0 Å². The van der Waals surface area contributed by atoms with Crippen molar-refractivity contribution in [2.75, 3.05) is 6.61 Å². The maximum absolute atomic E-state index is 12.4. The van der Waals surface area contributed by atoms with Gasteiger partial charge in [-0.15, -0.1) is 0 Å². The first-order valence-corrected chi connectivity index (χ1v) is 8.26. The summed E-state index contributed by atoms with van der Waals surface area (Å²) in [5, 5.41) is 0. The second-order valence-electron chi connectivity index (χ2n) is 7.48. The molecule has 6 atom stereocenters. The van der Waals surface area contributed by atoms with Crippen LogP contribution in [-0.4, -0.2) is 24.6 Å². The zero-order valence-corrected chi connectivity index (χ0v) is 12.0. The third-order valence-corrected chi connectivity index (χ3v) is 7.02. The highest BCUT2D eigenvalue weighted by molar-refractivity contribution is 5.98. The Bertz CT molecular complexity index is 561. The average molecular weight is 288 g/mol. The predicted octanol–water partition coefficient (Wildman–Crippen LogP) is 2.23. The van der Waals surface area contributed by atoms with Crippen LogP contribution in [0.2, 0.25) is 0 Å². The lowest BCUT2D eigenvalue weighted by Crippen LogP contribution is -2.68. The monoisotopic (exact) mass is 288 g/mol. The first kappa shape index (κ1) is 12.4. The van der Waals surface area contributed by atoms with Crippen LogP contribution in [0.4, 0.5) is 0 Å². The molecule has 2 heterocycles. The van der Waals surface area contributed by atoms with Gasteiger partial charge in [0, 0.05) is 23.4 Å². The molecule has 21 heavy (non-hydrogen) atoms. The molecule has 6 aliphatic rings. The van der Waals surface area contributed by atoms with Crippen LogP contribution in [0.1, 0.15) is 38.5 Å². The summed E-state index contributed by atoms with van der Waals surface area (Å²) in [7, 11) is 0. The highest BCUT2D eigenvalue weighted by Gasteiger charge is 2.74. The van der Waals surface area contributed by atoms with Crippen LogP contribution in [0.3, 0.4) is 0 Å². The normalized spacial score (nSPS) is 53.9. The van der Waals surface area contributed by atoms with Crippen molar-refractivity contribution in [3.63, 3.8) is 0 Å². The van der Waals surface area contributed by atoms with E-state index < -0.39 is 0 Å². The van der Waals surface area contributed by atoms with E-state index >= 15 is 0 Å². The van der Waals surface area contributed by atoms with E-state index in [1.165, 1.54) is 6.42 Å². The minimum absolute atomic E-state index is 0.0363. The molecular weight excluding hydrogens is 268 g/mol. The van der Waals surface area contributed by atoms with Gasteiger partial charge in [-0.25, -0.2) is 0 Å². The Morgan fingerprint density at radius 2 is 1.86 bits per heavy atom. The Morgan fingerprint density at radius 1 is 1.05 bits per heavy atom. The topological polar surface area (TPSA) is 52.6 Å². The van der Waals surface area contributed by atoms with Gasteiger partial charge in [0.15, 0.2) is 0 Å². The standard InChI is InChI=1S/C17H20O4/c18-14-11-10-4-8-16(12(11)15(19)21-14)5-1-2-6-17(16)7-3-9-20-13(10)17/h4,8,10-13H,1-3,5-7,9H2/t10-,11+,12-,13+,16+,17+/m0/s1. The highest BCUT2D eigenvalue weighted by atomic mass is 16.6. The fourth-order valence-electron chi connectivity index (χ4n) is 6.42. The number of carbonyl (C=O) groups excluding carboxylic acids is 2. The molecule has 2 saturated carbocycles. The van der Waals surface area contributed by atoms with Crippen LogP contribution in [0.15, 0.2) is 12.2 Å². The van der Waals surface area contributed by atoms with Crippen molar-refractivity contribution in [2.24, 2.45) is 28.6 Å². The summed E-state index contributed by atoms with van der Waals surface area (Å²) in [6.45, 7) is 0.785. The molecule has 0 aromatic heterocycles. The molecule has 0 aromatic rings. The predicted molar refractivity (Wildman–Crippen MR) is 73.0 cm³/mol. The number of ether oxygens (including phenoxy) is 2. The summed E-state index contributed by atoms with van der Waals surface area (Å²) in [5.74, 6) is -1.10. The maximum atomic E-state index is 12.4. The number of rotatable bonds is 0. The van der Waals surface area contributed by atoms with Crippen molar-refractivity contribution >= 4 is 11.9 Å². The number of hydrogen-bond donors (Lipinski definition) is 0. The van der Waals surface area contributed by atoms with Crippen LogP contribution in [0.25, 0.3) is 0 Å². The van der Waals surface area contributed by atoms with Crippen LogP contribution in [-0.2, 0) is 19.1 Å². The van der Waals surface area contributed by atoms with Gasteiger partial charge in [0.2, 0.25) is 0 Å². The second-order valence-corrected chi connectivity index (χ2v) is 7.48. The van der Waals surface area contributed by atoms with Crippen molar-refractivity contribution in [1.82, 2.24) is 0 Å². The first-order chi connectivity index (χ1) is 10.2. The SMILES string of the molecule is O=C1OC(=O)[C@@H]2[C@H]1[C@@H]1C=C[C@]23CCCC[C@]32CCCO[C@H]12. The smallest absolute Gasteiger partial charge is 0.318 e. The molecule has 6 rings (SSSR count). The Kier molecular flexibility index (Phi) is 2.23. The number of carbonyl (C=O) groups is 2. The van der Waals surface area contributed by atoms with Crippen LogP contribution in [0.5, 0.6) is 0 Å². The van der Waals surface area contributed by atoms with E-state index in [0.29, 0.717) is 0 Å². The van der Waals surface area contributed by atoms with E-state index in [-0.39, 0.29) is 46.6 Å². The third kappa shape index (κ3) is 1.20. The van der Waals surface area contributed by atoms with Gasteiger partial charge in [-0.05, 0) is 25.7 Å². The fraction of sp³-hybridized carbons (Fsp3) is 0.765. The minimum atomic E-state index is -0.313. The van der Waals surface area contributed by atoms with Gasteiger partial charge in [0.05, 0.1) is 17.9 Å². The molecule has 0 amide bonds. The average Bonchev–Trinajstić information content (AvgIpc) is 2.82. The van der Waals surface area contributed by atoms with Crippen molar-refractivity contribution in [1.29, 1.82) is 0 Å². The van der Waals surface area contributed by atoms with E-state index in [9.17, 15) is 9.59 Å². The largest absolute Gasteiger partial charge is 0.393 e. The van der Waals surface area contributed by atoms with Crippen LogP contribution in [0, 0.1) is 28.6 Å². The van der Waals surface area contributed by atoms with Gasteiger partial charge in [0.1, 0.15) is 0 Å². The summed E-state index contributed by atoms with van der Waals surface area (Å²) in [6, 6.07) is 0. The first-order valence-electron chi connectivity index (χ1n) is 8.26. The van der Waals surface area contributed by atoms with Crippen molar-refractivity contribution in [3.05, 3.63) is 12.2 Å². The highest BCUT2D eigenvalue weighted by Crippen LogP contribution is 2.72. The second kappa shape index (κ2) is 3.78. The van der Waals surface area contributed by atoms with Crippen molar-refractivity contribution in [2.45, 2.75) is 44.6 Å². The number of cyclic esters (lactones) is 2. The molecule has 4 heteroatoms.